The molecule has 1 aromatic carbocycles. The smallest absolute Gasteiger partial charge is 0.122 e. The van der Waals surface area contributed by atoms with Gasteiger partial charge in [-0.3, -0.25) is 0 Å². The monoisotopic (exact) mass is 255 g/mol. The summed E-state index contributed by atoms with van der Waals surface area (Å²) in [7, 11) is 0. The Balaban J connectivity index is 0.00000144. The number of nitrogen functional groups attached to an aromatic ring is 1. The van der Waals surface area contributed by atoms with Crippen LogP contribution in [0.15, 0.2) is 18.2 Å². The van der Waals surface area contributed by atoms with Crippen LogP contribution in [-0.2, 0) is 0 Å². The van der Waals surface area contributed by atoms with E-state index in [1.165, 1.54) is 37.7 Å². The van der Waals surface area contributed by atoms with Gasteiger partial charge in [-0.2, -0.15) is 0 Å². The summed E-state index contributed by atoms with van der Waals surface area (Å²) in [4.78, 5) is 0. The van der Waals surface area contributed by atoms with E-state index in [4.69, 9.17) is 10.5 Å². The zero-order valence-electron chi connectivity index (χ0n) is 10.4. The van der Waals surface area contributed by atoms with Crippen molar-refractivity contribution < 1.29 is 4.74 Å². The maximum Gasteiger partial charge on any atom is 0.122 e. The molecule has 2 rings (SSSR count). The van der Waals surface area contributed by atoms with Crippen molar-refractivity contribution in [2.75, 3.05) is 12.3 Å². The lowest BCUT2D eigenvalue weighted by atomic mass is 9.83. The Morgan fingerprint density at radius 1 is 1.24 bits per heavy atom. The Hall–Kier alpha value is -0.890. The molecule has 1 fully saturated rings. The van der Waals surface area contributed by atoms with Crippen molar-refractivity contribution in [2.45, 2.75) is 44.9 Å². The summed E-state index contributed by atoms with van der Waals surface area (Å²) in [6.45, 7) is 2.75. The molecule has 96 valence electrons. The van der Waals surface area contributed by atoms with Crippen molar-refractivity contribution in [3.8, 4) is 5.75 Å². The highest BCUT2D eigenvalue weighted by atomic mass is 35.5. The molecule has 0 heterocycles. The summed E-state index contributed by atoms with van der Waals surface area (Å²) in [5, 5.41) is 0. The van der Waals surface area contributed by atoms with Crippen LogP contribution in [0.25, 0.3) is 0 Å². The highest BCUT2D eigenvalue weighted by Gasteiger charge is 2.19. The second kappa shape index (κ2) is 6.75. The quantitative estimate of drug-likeness (QED) is 0.824. The van der Waals surface area contributed by atoms with Gasteiger partial charge in [0.2, 0.25) is 0 Å². The summed E-state index contributed by atoms with van der Waals surface area (Å²) in [5.74, 6) is 1.68. The lowest BCUT2D eigenvalue weighted by Gasteiger charge is -2.24. The third kappa shape index (κ3) is 3.53. The summed E-state index contributed by atoms with van der Waals surface area (Å²) in [6.07, 6.45) is 6.62. The average Bonchev–Trinajstić information content (AvgIpc) is 2.33. The molecule has 0 aromatic heterocycles. The number of ether oxygens (including phenoxy) is 1. The zero-order chi connectivity index (χ0) is 11.4. The molecule has 3 heteroatoms. The largest absolute Gasteiger partial charge is 0.494 e. The van der Waals surface area contributed by atoms with E-state index in [2.05, 4.69) is 6.07 Å². The number of halogens is 1. The molecule has 0 spiro atoms. The molecule has 0 bridgehead atoms. The van der Waals surface area contributed by atoms with Gasteiger partial charge in [-0.25, -0.2) is 0 Å². The minimum absolute atomic E-state index is 0. The number of nitrogens with two attached hydrogens (primary N) is 1. The van der Waals surface area contributed by atoms with Gasteiger partial charge in [-0.15, -0.1) is 12.4 Å². The Morgan fingerprint density at radius 2 is 1.94 bits per heavy atom. The SMILES string of the molecule is CCOc1ccc(N)cc1C1CCCCC1.Cl. The van der Waals surface area contributed by atoms with Gasteiger partial charge in [0.05, 0.1) is 6.61 Å². The topological polar surface area (TPSA) is 35.2 Å². The van der Waals surface area contributed by atoms with E-state index in [1.807, 2.05) is 19.1 Å². The maximum absolute atomic E-state index is 5.87. The molecule has 1 aliphatic carbocycles. The lowest BCUT2D eigenvalue weighted by Crippen LogP contribution is -2.07. The first-order chi connectivity index (χ1) is 7.81. The fourth-order valence-corrected chi connectivity index (χ4v) is 2.59. The van der Waals surface area contributed by atoms with Crippen LogP contribution < -0.4 is 10.5 Å². The Morgan fingerprint density at radius 3 is 2.59 bits per heavy atom. The molecule has 1 aliphatic rings. The van der Waals surface area contributed by atoms with Crippen LogP contribution in [-0.4, -0.2) is 6.61 Å². The fraction of sp³-hybridized carbons (Fsp3) is 0.571. The van der Waals surface area contributed by atoms with Crippen LogP contribution in [0.4, 0.5) is 5.69 Å². The highest BCUT2D eigenvalue weighted by Crippen LogP contribution is 2.38. The Labute approximate surface area is 110 Å². The van der Waals surface area contributed by atoms with Crippen molar-refractivity contribution >= 4 is 18.1 Å². The number of anilines is 1. The molecule has 0 unspecified atom stereocenters. The summed E-state index contributed by atoms with van der Waals surface area (Å²) in [5.41, 5.74) is 8.05. The molecule has 0 aliphatic heterocycles. The van der Waals surface area contributed by atoms with Crippen LogP contribution in [0, 0.1) is 0 Å². The Bertz CT molecular complexity index is 348. The molecule has 0 atom stereocenters. The summed E-state index contributed by atoms with van der Waals surface area (Å²) < 4.78 is 5.69. The number of hydrogen-bond donors (Lipinski definition) is 1. The number of benzene rings is 1. The maximum atomic E-state index is 5.87. The average molecular weight is 256 g/mol. The number of hydrogen-bond acceptors (Lipinski definition) is 2. The van der Waals surface area contributed by atoms with Crippen LogP contribution >= 0.6 is 12.4 Å². The molecule has 2 nitrogen and oxygen atoms in total. The van der Waals surface area contributed by atoms with Crippen LogP contribution in [0.3, 0.4) is 0 Å². The third-order valence-electron chi connectivity index (χ3n) is 3.38. The lowest BCUT2D eigenvalue weighted by molar-refractivity contribution is 0.328. The van der Waals surface area contributed by atoms with Gasteiger partial charge in [0.15, 0.2) is 0 Å². The highest BCUT2D eigenvalue weighted by molar-refractivity contribution is 5.85. The zero-order valence-corrected chi connectivity index (χ0v) is 11.3. The molecule has 0 amide bonds. The first kappa shape index (κ1) is 14.2. The van der Waals surface area contributed by atoms with Crippen LogP contribution in [0.5, 0.6) is 5.75 Å². The molecule has 17 heavy (non-hydrogen) atoms. The van der Waals surface area contributed by atoms with E-state index in [1.54, 1.807) is 0 Å². The van der Waals surface area contributed by atoms with Crippen LogP contribution in [0.2, 0.25) is 0 Å². The van der Waals surface area contributed by atoms with E-state index in [9.17, 15) is 0 Å². The van der Waals surface area contributed by atoms with Gasteiger partial charge in [0.1, 0.15) is 5.75 Å². The van der Waals surface area contributed by atoms with Crippen molar-refractivity contribution in [2.24, 2.45) is 0 Å². The predicted octanol–water partition coefficient (Wildman–Crippen LogP) is 4.14. The molecule has 1 saturated carbocycles. The van der Waals surface area contributed by atoms with Crippen molar-refractivity contribution in [3.63, 3.8) is 0 Å². The van der Waals surface area contributed by atoms with Crippen molar-refractivity contribution in [3.05, 3.63) is 23.8 Å². The van der Waals surface area contributed by atoms with E-state index in [-0.39, 0.29) is 12.4 Å². The van der Waals surface area contributed by atoms with E-state index >= 15 is 0 Å². The van der Waals surface area contributed by atoms with Crippen LogP contribution in [0.1, 0.15) is 50.5 Å². The molecular formula is C14H22ClNO. The number of rotatable bonds is 3. The minimum Gasteiger partial charge on any atom is -0.494 e. The molecule has 1 aromatic rings. The second-order valence-corrected chi connectivity index (χ2v) is 4.57. The van der Waals surface area contributed by atoms with Gasteiger partial charge in [0, 0.05) is 5.69 Å². The molecule has 0 radical (unpaired) electrons. The van der Waals surface area contributed by atoms with Crippen molar-refractivity contribution in [1.29, 1.82) is 0 Å². The predicted molar refractivity (Wildman–Crippen MR) is 75.1 cm³/mol. The summed E-state index contributed by atoms with van der Waals surface area (Å²) in [6, 6.07) is 6.04. The van der Waals surface area contributed by atoms with Gasteiger partial charge in [-0.1, -0.05) is 19.3 Å². The molecular weight excluding hydrogens is 234 g/mol. The first-order valence-corrected chi connectivity index (χ1v) is 6.33. The van der Waals surface area contributed by atoms with E-state index < -0.39 is 0 Å². The standard InChI is InChI=1S/C14H21NO.ClH/c1-2-16-14-9-8-12(15)10-13(14)11-6-4-3-5-7-11;/h8-11H,2-7,15H2,1H3;1H. The minimum atomic E-state index is 0. The van der Waals surface area contributed by atoms with E-state index in [0.717, 1.165) is 18.0 Å². The third-order valence-corrected chi connectivity index (χ3v) is 3.38. The molecule has 0 saturated heterocycles. The summed E-state index contributed by atoms with van der Waals surface area (Å²) >= 11 is 0. The fourth-order valence-electron chi connectivity index (χ4n) is 2.59. The van der Waals surface area contributed by atoms with Gasteiger partial charge < -0.3 is 10.5 Å². The van der Waals surface area contributed by atoms with Crippen molar-refractivity contribution in [1.82, 2.24) is 0 Å². The normalized spacial score (nSPS) is 16.3. The van der Waals surface area contributed by atoms with Gasteiger partial charge in [-0.05, 0) is 49.4 Å². The first-order valence-electron chi connectivity index (χ1n) is 6.33. The van der Waals surface area contributed by atoms with Gasteiger partial charge in [0.25, 0.3) is 0 Å². The molecule has 2 N–H and O–H groups in total. The second-order valence-electron chi connectivity index (χ2n) is 4.57. The van der Waals surface area contributed by atoms with E-state index in [0.29, 0.717) is 5.92 Å². The van der Waals surface area contributed by atoms with Gasteiger partial charge >= 0.3 is 0 Å². The Kier molecular flexibility index (Phi) is 5.63.